The second-order valence-electron chi connectivity index (χ2n) is 8.52. The first-order chi connectivity index (χ1) is 11.5. The minimum Gasteiger partial charge on any atom is -0.384 e. The molecule has 4 bridgehead atoms. The second kappa shape index (κ2) is 4.80. The number of nitrogens with zero attached hydrogens (tertiary/aromatic N) is 1. The van der Waals surface area contributed by atoms with E-state index in [1.807, 2.05) is 0 Å². The van der Waals surface area contributed by atoms with Crippen LogP contribution in [0.1, 0.15) is 50.0 Å². The summed E-state index contributed by atoms with van der Waals surface area (Å²) in [4.78, 5) is 24.3. The number of carbonyl (C=O) groups excluding carboxylic acids is 1. The van der Waals surface area contributed by atoms with Crippen LogP contribution in [0.2, 0.25) is 0 Å². The maximum Gasteiger partial charge on any atom is 0.269 e. The molecule has 5 heteroatoms. The summed E-state index contributed by atoms with van der Waals surface area (Å²) >= 11 is 0. The number of benzene rings is 1. The van der Waals surface area contributed by atoms with Crippen molar-refractivity contribution in [3.63, 3.8) is 0 Å². The van der Waals surface area contributed by atoms with Crippen LogP contribution in [-0.4, -0.2) is 17.3 Å². The van der Waals surface area contributed by atoms with Crippen molar-refractivity contribution in [2.75, 3.05) is 11.9 Å². The molecule has 6 rings (SSSR count). The molecule has 4 saturated carbocycles. The molecule has 24 heavy (non-hydrogen) atoms. The Morgan fingerprint density at radius 1 is 1.12 bits per heavy atom. The van der Waals surface area contributed by atoms with Gasteiger partial charge in [-0.3, -0.25) is 14.9 Å². The van der Waals surface area contributed by atoms with E-state index in [-0.39, 0.29) is 21.9 Å². The molecule has 5 aliphatic rings. The number of non-ortho nitro benzene ring substituents is 1. The van der Waals surface area contributed by atoms with Gasteiger partial charge >= 0.3 is 0 Å². The van der Waals surface area contributed by atoms with Gasteiger partial charge in [0.15, 0.2) is 0 Å². The van der Waals surface area contributed by atoms with E-state index in [1.54, 1.807) is 12.1 Å². The first-order valence-electron chi connectivity index (χ1n) is 9.10. The molecule has 1 N–H and O–H groups in total. The summed E-state index contributed by atoms with van der Waals surface area (Å²) in [6.07, 6.45) is 7.11. The van der Waals surface area contributed by atoms with Gasteiger partial charge in [-0.25, -0.2) is 0 Å². The van der Waals surface area contributed by atoms with Crippen molar-refractivity contribution < 1.29 is 9.72 Å². The third kappa shape index (κ3) is 1.96. The Labute approximate surface area is 141 Å². The van der Waals surface area contributed by atoms with Gasteiger partial charge in [-0.15, -0.1) is 0 Å². The van der Waals surface area contributed by atoms with Crippen LogP contribution in [0, 0.1) is 33.3 Å². The predicted molar refractivity (Wildman–Crippen MR) is 89.9 cm³/mol. The number of rotatable bonds is 3. The SMILES string of the molecule is O=C(C1CNc2ccc([N+](=O)[O-])cc21)C12CC3CC(CC(C3)C1)C2. The number of Topliss-reactive ketones (excluding diaryl/α,β-unsaturated/α-hetero) is 1. The molecule has 1 atom stereocenters. The maximum absolute atomic E-state index is 13.5. The van der Waals surface area contributed by atoms with Crippen LogP contribution < -0.4 is 5.32 Å². The zero-order valence-corrected chi connectivity index (χ0v) is 13.7. The molecule has 0 aromatic heterocycles. The highest BCUT2D eigenvalue weighted by molar-refractivity contribution is 5.95. The fourth-order valence-corrected chi connectivity index (χ4v) is 6.45. The van der Waals surface area contributed by atoms with Crippen molar-refractivity contribution in [2.24, 2.45) is 23.2 Å². The topological polar surface area (TPSA) is 72.2 Å². The third-order valence-electron chi connectivity index (χ3n) is 7.00. The smallest absolute Gasteiger partial charge is 0.269 e. The number of ketones is 1. The summed E-state index contributed by atoms with van der Waals surface area (Å²) in [5, 5.41) is 14.4. The molecule has 0 saturated heterocycles. The van der Waals surface area contributed by atoms with Crippen LogP contribution >= 0.6 is 0 Å². The number of hydrogen-bond donors (Lipinski definition) is 1. The van der Waals surface area contributed by atoms with Gasteiger partial charge in [0.25, 0.3) is 5.69 Å². The molecule has 0 amide bonds. The van der Waals surface area contributed by atoms with Gasteiger partial charge in [-0.1, -0.05) is 0 Å². The molecule has 4 aliphatic carbocycles. The average Bonchev–Trinajstić information content (AvgIpc) is 2.95. The summed E-state index contributed by atoms with van der Waals surface area (Å²) in [5.41, 5.74) is 1.67. The van der Waals surface area contributed by atoms with Crippen LogP contribution in [0.3, 0.4) is 0 Å². The van der Waals surface area contributed by atoms with Gasteiger partial charge in [0, 0.05) is 29.8 Å². The molecule has 1 aromatic rings. The Balaban J connectivity index is 1.49. The highest BCUT2D eigenvalue weighted by Gasteiger charge is 2.56. The Hall–Kier alpha value is -1.91. The van der Waals surface area contributed by atoms with E-state index >= 15 is 0 Å². The Morgan fingerprint density at radius 3 is 2.33 bits per heavy atom. The normalized spacial score (nSPS) is 38.7. The lowest BCUT2D eigenvalue weighted by Gasteiger charge is -2.56. The first kappa shape index (κ1) is 14.4. The maximum atomic E-state index is 13.5. The Bertz CT molecular complexity index is 707. The van der Waals surface area contributed by atoms with Crippen LogP contribution in [-0.2, 0) is 4.79 Å². The van der Waals surface area contributed by atoms with Crippen molar-refractivity contribution in [1.82, 2.24) is 0 Å². The van der Waals surface area contributed by atoms with Gasteiger partial charge in [-0.05, 0) is 67.9 Å². The van der Waals surface area contributed by atoms with Crippen LogP contribution in [0.4, 0.5) is 11.4 Å². The second-order valence-corrected chi connectivity index (χ2v) is 8.52. The minimum atomic E-state index is -0.370. The van der Waals surface area contributed by atoms with E-state index in [9.17, 15) is 14.9 Å². The van der Waals surface area contributed by atoms with Crippen molar-refractivity contribution in [3.05, 3.63) is 33.9 Å². The molecule has 4 fully saturated rings. The van der Waals surface area contributed by atoms with Gasteiger partial charge in [-0.2, -0.15) is 0 Å². The van der Waals surface area contributed by atoms with Crippen LogP contribution in [0.15, 0.2) is 18.2 Å². The zero-order chi connectivity index (χ0) is 16.5. The number of hydrogen-bond acceptors (Lipinski definition) is 4. The number of fused-ring (bicyclic) bond motifs is 1. The average molecular weight is 326 g/mol. The van der Waals surface area contributed by atoms with Gasteiger partial charge in [0.1, 0.15) is 5.78 Å². The van der Waals surface area contributed by atoms with Crippen molar-refractivity contribution in [2.45, 2.75) is 44.4 Å². The predicted octanol–water partition coefficient (Wildman–Crippen LogP) is 3.89. The quantitative estimate of drug-likeness (QED) is 0.675. The minimum absolute atomic E-state index is 0.0840. The van der Waals surface area contributed by atoms with Gasteiger partial charge < -0.3 is 5.32 Å². The van der Waals surface area contributed by atoms with Crippen LogP contribution in [0.5, 0.6) is 0 Å². The van der Waals surface area contributed by atoms with Crippen molar-refractivity contribution in [1.29, 1.82) is 0 Å². The fraction of sp³-hybridized carbons (Fsp3) is 0.632. The first-order valence-corrected chi connectivity index (χ1v) is 9.10. The number of nitro groups is 1. The Morgan fingerprint density at radius 2 is 1.75 bits per heavy atom. The number of nitrogens with one attached hydrogen (secondary N) is 1. The van der Waals surface area contributed by atoms with Crippen LogP contribution in [0.25, 0.3) is 0 Å². The van der Waals surface area contributed by atoms with Gasteiger partial charge in [0.2, 0.25) is 0 Å². The molecule has 1 aromatic carbocycles. The van der Waals surface area contributed by atoms with Gasteiger partial charge in [0.05, 0.1) is 10.8 Å². The van der Waals surface area contributed by atoms with E-state index in [4.69, 9.17) is 0 Å². The molecule has 0 spiro atoms. The molecule has 1 unspecified atom stereocenters. The molecule has 1 aliphatic heterocycles. The summed E-state index contributed by atoms with van der Waals surface area (Å²) in [5.74, 6) is 2.35. The number of nitro benzene ring substituents is 1. The molecular formula is C19H22N2O3. The molecule has 126 valence electrons. The van der Waals surface area contributed by atoms with E-state index in [1.165, 1.54) is 25.3 Å². The largest absolute Gasteiger partial charge is 0.384 e. The Kier molecular flexibility index (Phi) is 2.89. The number of carbonyl (C=O) groups is 1. The lowest BCUT2D eigenvalue weighted by atomic mass is 9.47. The molecule has 5 nitrogen and oxygen atoms in total. The van der Waals surface area contributed by atoms with E-state index < -0.39 is 0 Å². The lowest BCUT2D eigenvalue weighted by molar-refractivity contribution is -0.384. The standard InChI is InChI=1S/C19H22N2O3/c22-18(19-7-11-3-12(8-19)5-13(4-11)9-19)16-10-20-17-2-1-14(21(23)24)6-15(16)17/h1-2,6,11-13,16,20H,3-5,7-10H2. The fourth-order valence-electron chi connectivity index (χ4n) is 6.45. The molecular weight excluding hydrogens is 304 g/mol. The molecule has 0 radical (unpaired) electrons. The number of anilines is 1. The highest BCUT2D eigenvalue weighted by Crippen LogP contribution is 2.61. The van der Waals surface area contributed by atoms with Crippen molar-refractivity contribution >= 4 is 17.2 Å². The highest BCUT2D eigenvalue weighted by atomic mass is 16.6. The summed E-state index contributed by atoms with van der Waals surface area (Å²) < 4.78 is 0. The van der Waals surface area contributed by atoms with E-state index in [0.717, 1.165) is 48.3 Å². The molecule has 1 heterocycles. The third-order valence-corrected chi connectivity index (χ3v) is 7.00. The lowest BCUT2D eigenvalue weighted by Crippen LogP contribution is -2.51. The monoisotopic (exact) mass is 326 g/mol. The summed E-state index contributed by atoms with van der Waals surface area (Å²) in [7, 11) is 0. The summed E-state index contributed by atoms with van der Waals surface area (Å²) in [6, 6.07) is 4.88. The zero-order valence-electron chi connectivity index (χ0n) is 13.7. The van der Waals surface area contributed by atoms with E-state index in [2.05, 4.69) is 5.32 Å². The van der Waals surface area contributed by atoms with Crippen molar-refractivity contribution in [3.8, 4) is 0 Å². The van der Waals surface area contributed by atoms with E-state index in [0.29, 0.717) is 12.3 Å². The summed E-state index contributed by atoms with van der Waals surface area (Å²) in [6.45, 7) is 0.594.